The first-order chi connectivity index (χ1) is 6.83. The molecule has 0 aromatic carbocycles. The standard InChI is InChI=1S/C8H10ClN5/c1-6-12-13-8-7(10-3-2-9)11-4-5-14(6)8/h4-5H,2-3H2,1H3,(H,10,11). The van der Waals surface area contributed by atoms with Gasteiger partial charge in [-0.25, -0.2) is 4.98 Å². The van der Waals surface area contributed by atoms with Crippen LogP contribution in [0.1, 0.15) is 5.82 Å². The predicted octanol–water partition coefficient (Wildman–Crippen LogP) is 1.08. The molecule has 0 bridgehead atoms. The Bertz CT molecular complexity index is 438. The minimum atomic E-state index is 0.538. The van der Waals surface area contributed by atoms with Gasteiger partial charge in [0.15, 0.2) is 5.82 Å². The first kappa shape index (κ1) is 9.21. The summed E-state index contributed by atoms with van der Waals surface area (Å²) < 4.78 is 1.88. The maximum Gasteiger partial charge on any atom is 0.203 e. The van der Waals surface area contributed by atoms with E-state index in [9.17, 15) is 0 Å². The number of aryl methyl sites for hydroxylation is 1. The van der Waals surface area contributed by atoms with E-state index in [1.165, 1.54) is 0 Å². The molecule has 0 radical (unpaired) electrons. The molecular weight excluding hydrogens is 202 g/mol. The SMILES string of the molecule is Cc1nnc2c(NCCCl)nccn12. The van der Waals surface area contributed by atoms with E-state index >= 15 is 0 Å². The van der Waals surface area contributed by atoms with Crippen molar-refractivity contribution in [3.8, 4) is 0 Å². The Morgan fingerprint density at radius 3 is 3.14 bits per heavy atom. The third-order valence-electron chi connectivity index (χ3n) is 1.88. The number of rotatable bonds is 3. The van der Waals surface area contributed by atoms with Crippen LogP contribution in [-0.2, 0) is 0 Å². The second-order valence-electron chi connectivity index (χ2n) is 2.83. The molecule has 0 amide bonds. The quantitative estimate of drug-likeness (QED) is 0.773. The third-order valence-corrected chi connectivity index (χ3v) is 2.07. The van der Waals surface area contributed by atoms with E-state index < -0.39 is 0 Å². The summed E-state index contributed by atoms with van der Waals surface area (Å²) in [6.45, 7) is 2.56. The molecule has 14 heavy (non-hydrogen) atoms. The van der Waals surface area contributed by atoms with Gasteiger partial charge >= 0.3 is 0 Å². The summed E-state index contributed by atoms with van der Waals surface area (Å²) in [5.74, 6) is 2.10. The Morgan fingerprint density at radius 1 is 1.50 bits per heavy atom. The molecule has 0 aliphatic carbocycles. The molecule has 74 valence electrons. The van der Waals surface area contributed by atoms with Crippen LogP contribution in [0, 0.1) is 6.92 Å². The Hall–Kier alpha value is -1.36. The van der Waals surface area contributed by atoms with Gasteiger partial charge in [-0.2, -0.15) is 0 Å². The van der Waals surface area contributed by atoms with Crippen molar-refractivity contribution < 1.29 is 0 Å². The number of hydrogen-bond acceptors (Lipinski definition) is 4. The van der Waals surface area contributed by atoms with Crippen LogP contribution < -0.4 is 5.32 Å². The number of halogens is 1. The first-order valence-corrected chi connectivity index (χ1v) is 4.82. The van der Waals surface area contributed by atoms with E-state index in [0.717, 1.165) is 11.5 Å². The number of anilines is 1. The average Bonchev–Trinajstić information content (AvgIpc) is 2.58. The summed E-state index contributed by atoms with van der Waals surface area (Å²) >= 11 is 5.57. The van der Waals surface area contributed by atoms with Crippen molar-refractivity contribution in [1.29, 1.82) is 0 Å². The Labute approximate surface area is 86.1 Å². The van der Waals surface area contributed by atoms with E-state index in [-0.39, 0.29) is 0 Å². The van der Waals surface area contributed by atoms with Gasteiger partial charge in [-0.05, 0) is 6.92 Å². The van der Waals surface area contributed by atoms with Crippen LogP contribution >= 0.6 is 11.6 Å². The van der Waals surface area contributed by atoms with Gasteiger partial charge in [-0.1, -0.05) is 0 Å². The van der Waals surface area contributed by atoms with Crippen LogP contribution in [0.3, 0.4) is 0 Å². The molecule has 0 unspecified atom stereocenters. The van der Waals surface area contributed by atoms with Gasteiger partial charge in [0.2, 0.25) is 5.65 Å². The van der Waals surface area contributed by atoms with Gasteiger partial charge in [0.05, 0.1) is 0 Å². The lowest BCUT2D eigenvalue weighted by molar-refractivity contribution is 1.00. The zero-order chi connectivity index (χ0) is 9.97. The van der Waals surface area contributed by atoms with Crippen LogP contribution in [0.5, 0.6) is 0 Å². The van der Waals surface area contributed by atoms with E-state index in [4.69, 9.17) is 11.6 Å². The minimum absolute atomic E-state index is 0.538. The van der Waals surface area contributed by atoms with Crippen LogP contribution in [0.4, 0.5) is 5.82 Å². The van der Waals surface area contributed by atoms with Gasteiger partial charge in [-0.3, -0.25) is 4.40 Å². The molecule has 2 aromatic rings. The zero-order valence-corrected chi connectivity index (χ0v) is 8.49. The van der Waals surface area contributed by atoms with Gasteiger partial charge in [-0.15, -0.1) is 21.8 Å². The van der Waals surface area contributed by atoms with Crippen molar-refractivity contribution in [2.75, 3.05) is 17.7 Å². The molecule has 0 saturated heterocycles. The molecular formula is C8H10ClN5. The van der Waals surface area contributed by atoms with Crippen molar-refractivity contribution in [3.05, 3.63) is 18.2 Å². The molecule has 0 spiro atoms. The number of fused-ring (bicyclic) bond motifs is 1. The van der Waals surface area contributed by atoms with Crippen molar-refractivity contribution in [1.82, 2.24) is 19.6 Å². The highest BCUT2D eigenvalue weighted by Crippen LogP contribution is 2.11. The molecule has 0 saturated carbocycles. The fourth-order valence-corrected chi connectivity index (χ4v) is 1.33. The third kappa shape index (κ3) is 1.50. The summed E-state index contributed by atoms with van der Waals surface area (Å²) in [7, 11) is 0. The van der Waals surface area contributed by atoms with E-state index in [2.05, 4.69) is 20.5 Å². The highest BCUT2D eigenvalue weighted by Gasteiger charge is 2.05. The van der Waals surface area contributed by atoms with Crippen LogP contribution in [0.25, 0.3) is 5.65 Å². The Kier molecular flexibility index (Phi) is 2.49. The average molecular weight is 212 g/mol. The van der Waals surface area contributed by atoms with Crippen LogP contribution in [0.2, 0.25) is 0 Å². The summed E-state index contributed by atoms with van der Waals surface area (Å²) in [5, 5.41) is 11.1. The van der Waals surface area contributed by atoms with Crippen molar-refractivity contribution in [2.45, 2.75) is 6.92 Å². The fraction of sp³-hybridized carbons (Fsp3) is 0.375. The summed E-state index contributed by atoms with van der Waals surface area (Å²) in [6.07, 6.45) is 3.54. The lowest BCUT2D eigenvalue weighted by Crippen LogP contribution is -2.06. The largest absolute Gasteiger partial charge is 0.366 e. The predicted molar refractivity (Wildman–Crippen MR) is 54.7 cm³/mol. The fourth-order valence-electron chi connectivity index (χ4n) is 1.23. The maximum atomic E-state index is 5.57. The molecule has 2 rings (SSSR count). The highest BCUT2D eigenvalue weighted by atomic mass is 35.5. The molecule has 6 heteroatoms. The summed E-state index contributed by atoms with van der Waals surface area (Å²) in [4.78, 5) is 4.16. The van der Waals surface area contributed by atoms with E-state index in [1.807, 2.05) is 17.5 Å². The highest BCUT2D eigenvalue weighted by molar-refractivity contribution is 6.18. The van der Waals surface area contributed by atoms with Crippen molar-refractivity contribution in [2.24, 2.45) is 0 Å². The molecule has 0 aliphatic rings. The Balaban J connectivity index is 2.44. The number of nitrogens with one attached hydrogen (secondary N) is 1. The summed E-state index contributed by atoms with van der Waals surface area (Å²) in [6, 6.07) is 0. The second-order valence-corrected chi connectivity index (χ2v) is 3.21. The molecule has 2 aromatic heterocycles. The zero-order valence-electron chi connectivity index (χ0n) is 7.74. The topological polar surface area (TPSA) is 55.1 Å². The monoisotopic (exact) mass is 211 g/mol. The Morgan fingerprint density at radius 2 is 2.36 bits per heavy atom. The van der Waals surface area contributed by atoms with Crippen LogP contribution in [-0.4, -0.2) is 32.0 Å². The molecule has 1 N–H and O–H groups in total. The molecule has 5 nitrogen and oxygen atoms in total. The lowest BCUT2D eigenvalue weighted by Gasteiger charge is -2.03. The summed E-state index contributed by atoms with van der Waals surface area (Å²) in [5.41, 5.74) is 0.732. The van der Waals surface area contributed by atoms with E-state index in [1.54, 1.807) is 6.20 Å². The molecule has 0 fully saturated rings. The molecule has 0 atom stereocenters. The van der Waals surface area contributed by atoms with Gasteiger partial charge < -0.3 is 5.32 Å². The first-order valence-electron chi connectivity index (χ1n) is 4.29. The smallest absolute Gasteiger partial charge is 0.203 e. The van der Waals surface area contributed by atoms with Crippen LogP contribution in [0.15, 0.2) is 12.4 Å². The van der Waals surface area contributed by atoms with Gasteiger partial charge in [0.25, 0.3) is 0 Å². The van der Waals surface area contributed by atoms with Gasteiger partial charge in [0, 0.05) is 24.8 Å². The number of nitrogens with zero attached hydrogens (tertiary/aromatic N) is 4. The number of aromatic nitrogens is 4. The number of hydrogen-bond donors (Lipinski definition) is 1. The minimum Gasteiger partial charge on any atom is -0.366 e. The van der Waals surface area contributed by atoms with Crippen molar-refractivity contribution >= 4 is 23.1 Å². The van der Waals surface area contributed by atoms with E-state index in [0.29, 0.717) is 18.2 Å². The van der Waals surface area contributed by atoms with Gasteiger partial charge in [0.1, 0.15) is 5.82 Å². The second kappa shape index (κ2) is 3.79. The molecule has 0 aliphatic heterocycles. The lowest BCUT2D eigenvalue weighted by atomic mass is 10.5. The molecule has 2 heterocycles. The number of alkyl halides is 1. The maximum absolute atomic E-state index is 5.57. The normalized spacial score (nSPS) is 10.7. The van der Waals surface area contributed by atoms with Crippen molar-refractivity contribution in [3.63, 3.8) is 0 Å².